The minimum Gasteiger partial charge on any atom is -0.463 e. The molecule has 0 saturated carbocycles. The van der Waals surface area contributed by atoms with Gasteiger partial charge in [0.15, 0.2) is 5.58 Å². The molecule has 5 nitrogen and oxygen atoms in total. The second-order valence-corrected chi connectivity index (χ2v) is 5.96. The Morgan fingerprint density at radius 1 is 1.15 bits per heavy atom. The standard InChI is InChI=1S/C20H16FN3O2/c21-16-5-1-3-14(9-16)13-24-17-6-8-26-19(17)10-18(24)20(25)23-12-15-4-2-7-22-11-15/h1-11H,12-13H2,(H,23,25). The molecule has 0 atom stereocenters. The Balaban J connectivity index is 1.62. The molecule has 0 aliphatic rings. The van der Waals surface area contributed by atoms with Gasteiger partial charge in [0.05, 0.1) is 11.8 Å². The minimum absolute atomic E-state index is 0.225. The SMILES string of the molecule is O=C(NCc1cccnc1)c1cc2occc2n1Cc1cccc(F)c1. The number of nitrogens with one attached hydrogen (secondary N) is 1. The molecular weight excluding hydrogens is 333 g/mol. The maximum Gasteiger partial charge on any atom is 0.268 e. The van der Waals surface area contributed by atoms with Crippen molar-refractivity contribution in [3.8, 4) is 0 Å². The maximum atomic E-state index is 13.5. The number of hydrogen-bond acceptors (Lipinski definition) is 3. The number of amides is 1. The van der Waals surface area contributed by atoms with Gasteiger partial charge in [-0.15, -0.1) is 0 Å². The molecule has 0 radical (unpaired) electrons. The monoisotopic (exact) mass is 349 g/mol. The summed E-state index contributed by atoms with van der Waals surface area (Å²) in [5, 5.41) is 2.89. The molecule has 6 heteroatoms. The predicted octanol–water partition coefficient (Wildman–Crippen LogP) is 3.75. The van der Waals surface area contributed by atoms with Gasteiger partial charge in [0.1, 0.15) is 11.5 Å². The Labute approximate surface area is 149 Å². The van der Waals surface area contributed by atoms with Crippen LogP contribution < -0.4 is 5.32 Å². The number of halogens is 1. The number of benzene rings is 1. The number of rotatable bonds is 5. The Morgan fingerprint density at radius 3 is 2.85 bits per heavy atom. The van der Waals surface area contributed by atoms with Gasteiger partial charge in [-0.2, -0.15) is 0 Å². The summed E-state index contributed by atoms with van der Waals surface area (Å²) in [5.41, 5.74) is 3.55. The van der Waals surface area contributed by atoms with Crippen LogP contribution in [0.5, 0.6) is 0 Å². The van der Waals surface area contributed by atoms with Crippen LogP contribution in [0.1, 0.15) is 21.6 Å². The molecule has 0 saturated heterocycles. The first-order chi connectivity index (χ1) is 12.7. The summed E-state index contributed by atoms with van der Waals surface area (Å²) in [6.45, 7) is 0.746. The topological polar surface area (TPSA) is 60.1 Å². The van der Waals surface area contributed by atoms with Gasteiger partial charge in [0.25, 0.3) is 5.91 Å². The Bertz CT molecular complexity index is 1050. The van der Waals surface area contributed by atoms with Gasteiger partial charge >= 0.3 is 0 Å². The molecule has 1 N–H and O–H groups in total. The van der Waals surface area contributed by atoms with Crippen molar-refractivity contribution in [2.45, 2.75) is 13.1 Å². The van der Waals surface area contributed by atoms with Crippen molar-refractivity contribution in [1.29, 1.82) is 0 Å². The molecule has 0 aliphatic carbocycles. The van der Waals surface area contributed by atoms with Crippen molar-refractivity contribution in [3.63, 3.8) is 0 Å². The van der Waals surface area contributed by atoms with E-state index in [1.165, 1.54) is 12.1 Å². The molecule has 0 bridgehead atoms. The molecule has 0 aliphatic heterocycles. The van der Waals surface area contributed by atoms with Crippen molar-refractivity contribution in [3.05, 3.63) is 89.8 Å². The van der Waals surface area contributed by atoms with E-state index < -0.39 is 0 Å². The van der Waals surface area contributed by atoms with Gasteiger partial charge < -0.3 is 14.3 Å². The summed E-state index contributed by atoms with van der Waals surface area (Å²) in [7, 11) is 0. The summed E-state index contributed by atoms with van der Waals surface area (Å²) in [6, 6.07) is 13.6. The highest BCUT2D eigenvalue weighted by atomic mass is 19.1. The van der Waals surface area contributed by atoms with Crippen LogP contribution >= 0.6 is 0 Å². The van der Waals surface area contributed by atoms with Gasteiger partial charge in [0, 0.05) is 37.6 Å². The zero-order chi connectivity index (χ0) is 17.9. The van der Waals surface area contributed by atoms with Crippen LogP contribution in [-0.2, 0) is 13.1 Å². The fraction of sp³-hybridized carbons (Fsp3) is 0.100. The number of carbonyl (C=O) groups is 1. The zero-order valence-corrected chi connectivity index (χ0v) is 13.9. The summed E-state index contributed by atoms with van der Waals surface area (Å²) < 4.78 is 20.8. The molecule has 0 fully saturated rings. The van der Waals surface area contributed by atoms with Crippen LogP contribution in [0, 0.1) is 5.82 Å². The zero-order valence-electron chi connectivity index (χ0n) is 13.9. The second kappa shape index (κ2) is 6.84. The Kier molecular flexibility index (Phi) is 4.23. The molecule has 0 unspecified atom stereocenters. The van der Waals surface area contributed by atoms with Gasteiger partial charge in [-0.3, -0.25) is 9.78 Å². The van der Waals surface area contributed by atoms with Crippen molar-refractivity contribution in [1.82, 2.24) is 14.9 Å². The first kappa shape index (κ1) is 16.1. The van der Waals surface area contributed by atoms with E-state index in [0.29, 0.717) is 24.4 Å². The summed E-state index contributed by atoms with van der Waals surface area (Å²) in [4.78, 5) is 16.7. The number of hydrogen-bond donors (Lipinski definition) is 1. The summed E-state index contributed by atoms with van der Waals surface area (Å²) in [6.07, 6.45) is 4.96. The fourth-order valence-electron chi connectivity index (χ4n) is 2.93. The Morgan fingerprint density at radius 2 is 2.04 bits per heavy atom. The third kappa shape index (κ3) is 3.21. The van der Waals surface area contributed by atoms with Gasteiger partial charge in [-0.25, -0.2) is 4.39 Å². The largest absolute Gasteiger partial charge is 0.463 e. The number of fused-ring (bicyclic) bond motifs is 1. The van der Waals surface area contributed by atoms with E-state index in [-0.39, 0.29) is 11.7 Å². The predicted molar refractivity (Wildman–Crippen MR) is 95.1 cm³/mol. The Hall–Kier alpha value is -3.41. The quantitative estimate of drug-likeness (QED) is 0.597. The normalized spacial score (nSPS) is 11.0. The molecule has 3 heterocycles. The fourth-order valence-corrected chi connectivity index (χ4v) is 2.93. The molecule has 4 rings (SSSR count). The lowest BCUT2D eigenvalue weighted by Gasteiger charge is -2.11. The highest BCUT2D eigenvalue weighted by Gasteiger charge is 2.17. The molecular formula is C20H16FN3O2. The van der Waals surface area contributed by atoms with Crippen molar-refractivity contribution in [2.24, 2.45) is 0 Å². The number of pyridine rings is 1. The number of carbonyl (C=O) groups excluding carboxylic acids is 1. The number of nitrogens with zero attached hydrogens (tertiary/aromatic N) is 2. The van der Waals surface area contributed by atoms with Crippen LogP contribution in [0.3, 0.4) is 0 Å². The average Bonchev–Trinajstić information content (AvgIpc) is 3.23. The van der Waals surface area contributed by atoms with Crippen LogP contribution in [0.4, 0.5) is 4.39 Å². The smallest absolute Gasteiger partial charge is 0.268 e. The van der Waals surface area contributed by atoms with Gasteiger partial charge in [-0.1, -0.05) is 18.2 Å². The third-order valence-corrected chi connectivity index (χ3v) is 4.16. The average molecular weight is 349 g/mol. The first-order valence-corrected chi connectivity index (χ1v) is 8.19. The van der Waals surface area contributed by atoms with Crippen molar-refractivity contribution >= 4 is 17.0 Å². The van der Waals surface area contributed by atoms with E-state index in [0.717, 1.165) is 16.6 Å². The van der Waals surface area contributed by atoms with Crippen LogP contribution in [-0.4, -0.2) is 15.5 Å². The van der Waals surface area contributed by atoms with E-state index in [1.807, 2.05) is 22.8 Å². The van der Waals surface area contributed by atoms with Crippen LogP contribution in [0.15, 0.2) is 71.6 Å². The molecule has 3 aromatic heterocycles. The highest BCUT2D eigenvalue weighted by molar-refractivity contribution is 5.97. The van der Waals surface area contributed by atoms with Gasteiger partial charge in [0.2, 0.25) is 0 Å². The van der Waals surface area contributed by atoms with Crippen LogP contribution in [0.2, 0.25) is 0 Å². The molecule has 26 heavy (non-hydrogen) atoms. The minimum atomic E-state index is -0.305. The lowest BCUT2D eigenvalue weighted by molar-refractivity contribution is 0.0942. The van der Waals surface area contributed by atoms with Crippen molar-refractivity contribution in [2.75, 3.05) is 0 Å². The second-order valence-electron chi connectivity index (χ2n) is 5.96. The van der Waals surface area contributed by atoms with E-state index >= 15 is 0 Å². The molecule has 1 amide bonds. The number of aromatic nitrogens is 2. The van der Waals surface area contributed by atoms with E-state index in [2.05, 4.69) is 10.3 Å². The van der Waals surface area contributed by atoms with E-state index in [1.54, 1.807) is 36.9 Å². The number of furan rings is 1. The third-order valence-electron chi connectivity index (χ3n) is 4.16. The lowest BCUT2D eigenvalue weighted by Crippen LogP contribution is -2.25. The van der Waals surface area contributed by atoms with E-state index in [4.69, 9.17) is 4.42 Å². The van der Waals surface area contributed by atoms with Crippen LogP contribution in [0.25, 0.3) is 11.1 Å². The highest BCUT2D eigenvalue weighted by Crippen LogP contribution is 2.23. The summed E-state index contributed by atoms with van der Waals surface area (Å²) in [5.74, 6) is -0.530. The molecule has 1 aromatic carbocycles. The molecule has 130 valence electrons. The van der Waals surface area contributed by atoms with Crippen molar-refractivity contribution < 1.29 is 13.6 Å². The maximum absolute atomic E-state index is 13.5. The first-order valence-electron chi connectivity index (χ1n) is 8.19. The van der Waals surface area contributed by atoms with E-state index in [9.17, 15) is 9.18 Å². The van der Waals surface area contributed by atoms with Gasteiger partial charge in [-0.05, 0) is 29.3 Å². The molecule has 4 aromatic rings. The lowest BCUT2D eigenvalue weighted by atomic mass is 10.2. The summed E-state index contributed by atoms with van der Waals surface area (Å²) >= 11 is 0. The molecule has 0 spiro atoms.